The smallest absolute Gasteiger partial charge is 0.267 e. The summed E-state index contributed by atoms with van der Waals surface area (Å²) in [6.45, 7) is 0.462. The largest absolute Gasteiger partial charge is 0.369 e. The van der Waals surface area contributed by atoms with E-state index in [1.54, 1.807) is 60.5 Å². The minimum atomic E-state index is -1.66. The van der Waals surface area contributed by atoms with Crippen LogP contribution in [0.1, 0.15) is 22.5 Å². The van der Waals surface area contributed by atoms with Crippen molar-refractivity contribution in [2.45, 2.75) is 12.0 Å². The molecule has 1 saturated heterocycles. The second-order valence-corrected chi connectivity index (χ2v) is 7.08. The van der Waals surface area contributed by atoms with E-state index in [-0.39, 0.29) is 12.1 Å². The number of hydrogen-bond acceptors (Lipinski definition) is 5. The zero-order valence-electron chi connectivity index (χ0n) is 16.2. The Labute approximate surface area is 173 Å². The average Bonchev–Trinajstić information content (AvgIpc) is 3.38. The topological polar surface area (TPSA) is 114 Å². The number of rotatable bonds is 3. The molecule has 1 aliphatic rings. The van der Waals surface area contributed by atoms with Crippen LogP contribution in [0, 0.1) is 11.8 Å². The maximum absolute atomic E-state index is 12.1. The monoisotopic (exact) mass is 401 g/mol. The minimum Gasteiger partial charge on any atom is -0.369 e. The van der Waals surface area contributed by atoms with Gasteiger partial charge in [-0.25, -0.2) is 9.67 Å². The Morgan fingerprint density at radius 3 is 2.77 bits per heavy atom. The van der Waals surface area contributed by atoms with E-state index in [2.05, 4.69) is 21.9 Å². The SMILES string of the molecule is CN1CC[C@@](O)(C#Cc2cccc(-c3cc(-n4cccn4)cc(C(N)=O)n3)c2)C1=O. The number of amides is 2. The van der Waals surface area contributed by atoms with E-state index in [0.29, 0.717) is 29.1 Å². The van der Waals surface area contributed by atoms with Gasteiger partial charge in [0.05, 0.1) is 11.4 Å². The van der Waals surface area contributed by atoms with Gasteiger partial charge in [-0.05, 0) is 30.3 Å². The van der Waals surface area contributed by atoms with Crippen LogP contribution in [0.15, 0.2) is 54.9 Å². The number of benzene rings is 1. The molecule has 3 aromatic rings. The molecule has 3 heterocycles. The summed E-state index contributed by atoms with van der Waals surface area (Å²) >= 11 is 0. The minimum absolute atomic E-state index is 0.114. The van der Waals surface area contributed by atoms with Gasteiger partial charge in [0.1, 0.15) is 5.69 Å². The lowest BCUT2D eigenvalue weighted by Gasteiger charge is -2.13. The van der Waals surface area contributed by atoms with Crippen LogP contribution < -0.4 is 5.73 Å². The number of aliphatic hydroxyl groups is 1. The van der Waals surface area contributed by atoms with Gasteiger partial charge in [-0.3, -0.25) is 9.59 Å². The number of likely N-dealkylation sites (tertiary alicyclic amines) is 1. The van der Waals surface area contributed by atoms with Crippen molar-refractivity contribution in [2.75, 3.05) is 13.6 Å². The van der Waals surface area contributed by atoms with Gasteiger partial charge in [-0.1, -0.05) is 24.0 Å². The van der Waals surface area contributed by atoms with Crippen LogP contribution in [0.3, 0.4) is 0 Å². The van der Waals surface area contributed by atoms with Crippen molar-refractivity contribution in [3.8, 4) is 28.8 Å². The van der Waals surface area contributed by atoms with Gasteiger partial charge in [-0.15, -0.1) is 0 Å². The first kappa shape index (κ1) is 19.4. The molecule has 1 aromatic carbocycles. The standard InChI is InChI=1S/C22H19N5O3/c1-26-11-8-22(30,21(26)29)7-6-15-4-2-5-16(12-15)18-13-17(27-10-3-9-24-27)14-19(25-18)20(23)28/h2-5,9-10,12-14,30H,8,11H2,1H3,(H2,23,28)/t22-/m0/s1. The first-order chi connectivity index (χ1) is 14.4. The molecule has 8 heteroatoms. The van der Waals surface area contributed by atoms with Crippen molar-refractivity contribution in [3.05, 3.63) is 66.1 Å². The van der Waals surface area contributed by atoms with Crippen LogP contribution in [0.5, 0.6) is 0 Å². The Morgan fingerprint density at radius 1 is 1.27 bits per heavy atom. The van der Waals surface area contributed by atoms with Gasteiger partial charge in [0, 0.05) is 43.5 Å². The number of hydrogen-bond donors (Lipinski definition) is 2. The Morgan fingerprint density at radius 2 is 2.10 bits per heavy atom. The zero-order valence-corrected chi connectivity index (χ0v) is 16.2. The van der Waals surface area contributed by atoms with E-state index in [0.717, 1.165) is 0 Å². The number of primary amides is 1. The Bertz CT molecular complexity index is 1190. The molecule has 0 radical (unpaired) electrons. The molecule has 2 amide bonds. The molecule has 3 N–H and O–H groups in total. The number of carbonyl (C=O) groups excluding carboxylic acids is 2. The molecule has 4 rings (SSSR count). The summed E-state index contributed by atoms with van der Waals surface area (Å²) in [6, 6.07) is 12.3. The van der Waals surface area contributed by atoms with Gasteiger partial charge in [0.2, 0.25) is 5.60 Å². The number of nitrogens with two attached hydrogens (primary N) is 1. The van der Waals surface area contributed by atoms with Crippen molar-refractivity contribution in [3.63, 3.8) is 0 Å². The van der Waals surface area contributed by atoms with Crippen molar-refractivity contribution >= 4 is 11.8 Å². The second kappa shape index (κ2) is 7.46. The van der Waals surface area contributed by atoms with E-state index in [1.165, 1.54) is 4.90 Å². The Balaban J connectivity index is 1.72. The van der Waals surface area contributed by atoms with Crippen molar-refractivity contribution in [1.29, 1.82) is 0 Å². The average molecular weight is 401 g/mol. The lowest BCUT2D eigenvalue weighted by molar-refractivity contribution is -0.137. The third kappa shape index (κ3) is 3.66. The molecule has 2 aromatic heterocycles. The van der Waals surface area contributed by atoms with Gasteiger partial charge in [-0.2, -0.15) is 5.10 Å². The van der Waals surface area contributed by atoms with Crippen LogP contribution in [-0.4, -0.2) is 55.8 Å². The molecule has 0 spiro atoms. The number of likely N-dealkylation sites (N-methyl/N-ethyl adjacent to an activating group) is 1. The highest BCUT2D eigenvalue weighted by molar-refractivity contribution is 5.92. The molecule has 0 aliphatic carbocycles. The molecule has 0 bridgehead atoms. The lowest BCUT2D eigenvalue weighted by atomic mass is 10.0. The molecule has 8 nitrogen and oxygen atoms in total. The fourth-order valence-corrected chi connectivity index (χ4v) is 3.25. The number of pyridine rings is 1. The Hall–Kier alpha value is -3.96. The van der Waals surface area contributed by atoms with E-state index in [9.17, 15) is 14.7 Å². The fourth-order valence-electron chi connectivity index (χ4n) is 3.25. The Kier molecular flexibility index (Phi) is 4.82. The summed E-state index contributed by atoms with van der Waals surface area (Å²) in [5.41, 5.74) is 6.38. The van der Waals surface area contributed by atoms with Crippen LogP contribution in [-0.2, 0) is 4.79 Å². The normalized spacial score (nSPS) is 18.2. The van der Waals surface area contributed by atoms with E-state index in [1.807, 2.05) is 6.07 Å². The van der Waals surface area contributed by atoms with Crippen LogP contribution in [0.2, 0.25) is 0 Å². The van der Waals surface area contributed by atoms with Gasteiger partial charge in [0.25, 0.3) is 11.8 Å². The predicted octanol–water partition coefficient (Wildman–Crippen LogP) is 0.978. The molecule has 1 atom stereocenters. The summed E-state index contributed by atoms with van der Waals surface area (Å²) in [7, 11) is 1.64. The molecule has 30 heavy (non-hydrogen) atoms. The predicted molar refractivity (Wildman–Crippen MR) is 109 cm³/mol. The molecular weight excluding hydrogens is 382 g/mol. The number of nitrogens with zero attached hydrogens (tertiary/aromatic N) is 4. The molecule has 0 unspecified atom stereocenters. The quantitative estimate of drug-likeness (QED) is 0.635. The molecule has 0 saturated carbocycles. The lowest BCUT2D eigenvalue weighted by Crippen LogP contribution is -2.37. The highest BCUT2D eigenvalue weighted by Gasteiger charge is 2.42. The first-order valence-electron chi connectivity index (χ1n) is 9.29. The molecule has 1 fully saturated rings. The highest BCUT2D eigenvalue weighted by Crippen LogP contribution is 2.23. The van der Waals surface area contributed by atoms with E-state index >= 15 is 0 Å². The van der Waals surface area contributed by atoms with E-state index < -0.39 is 17.4 Å². The first-order valence-corrected chi connectivity index (χ1v) is 9.29. The molecule has 150 valence electrons. The van der Waals surface area contributed by atoms with Crippen molar-refractivity contribution in [1.82, 2.24) is 19.7 Å². The summed E-state index contributed by atoms with van der Waals surface area (Å²) in [6.07, 6.45) is 3.65. The van der Waals surface area contributed by atoms with Gasteiger partial charge >= 0.3 is 0 Å². The maximum atomic E-state index is 12.1. The highest BCUT2D eigenvalue weighted by atomic mass is 16.3. The molecule has 1 aliphatic heterocycles. The second-order valence-electron chi connectivity index (χ2n) is 7.08. The summed E-state index contributed by atoms with van der Waals surface area (Å²) in [4.78, 5) is 29.7. The fraction of sp³-hybridized carbons (Fsp3) is 0.182. The summed E-state index contributed by atoms with van der Waals surface area (Å²) in [5.74, 6) is 4.54. The molecular formula is C22H19N5O3. The maximum Gasteiger partial charge on any atom is 0.267 e. The summed E-state index contributed by atoms with van der Waals surface area (Å²) < 4.78 is 1.61. The van der Waals surface area contributed by atoms with Crippen LogP contribution in [0.25, 0.3) is 16.9 Å². The summed E-state index contributed by atoms with van der Waals surface area (Å²) in [5, 5.41) is 14.7. The zero-order chi connectivity index (χ0) is 21.3. The van der Waals surface area contributed by atoms with Gasteiger partial charge in [0.15, 0.2) is 0 Å². The van der Waals surface area contributed by atoms with Crippen molar-refractivity contribution in [2.24, 2.45) is 5.73 Å². The number of aromatic nitrogens is 3. The third-order valence-corrected chi connectivity index (χ3v) is 4.91. The number of carbonyl (C=O) groups is 2. The van der Waals surface area contributed by atoms with Crippen LogP contribution in [0.4, 0.5) is 0 Å². The van der Waals surface area contributed by atoms with Crippen LogP contribution >= 0.6 is 0 Å². The van der Waals surface area contributed by atoms with Gasteiger partial charge < -0.3 is 15.7 Å². The third-order valence-electron chi connectivity index (χ3n) is 4.91. The van der Waals surface area contributed by atoms with Crippen molar-refractivity contribution < 1.29 is 14.7 Å². The van der Waals surface area contributed by atoms with E-state index in [4.69, 9.17) is 5.73 Å².